The summed E-state index contributed by atoms with van der Waals surface area (Å²) in [6.07, 6.45) is 6.00. The Kier molecular flexibility index (Phi) is 7.09. The maximum atomic E-state index is 13.0. The Morgan fingerprint density at radius 2 is 1.67 bits per heavy atom. The molecule has 1 aliphatic heterocycles. The molecule has 2 heterocycles. The third-order valence-electron chi connectivity index (χ3n) is 7.03. The molecule has 2 aromatic carbocycles. The predicted octanol–water partition coefficient (Wildman–Crippen LogP) is 5.57. The first-order valence-corrected chi connectivity index (χ1v) is 11.8. The average Bonchev–Trinajstić information content (AvgIpc) is 2.84. The van der Waals surface area contributed by atoms with Gasteiger partial charge in [0.1, 0.15) is 0 Å². The number of anilines is 2. The fourth-order valence-corrected chi connectivity index (χ4v) is 4.68. The molecule has 0 atom stereocenters. The van der Waals surface area contributed by atoms with E-state index < -0.39 is 0 Å². The van der Waals surface area contributed by atoms with Crippen molar-refractivity contribution in [1.82, 2.24) is 9.88 Å². The van der Waals surface area contributed by atoms with Crippen molar-refractivity contribution in [3.05, 3.63) is 89.7 Å². The van der Waals surface area contributed by atoms with Crippen molar-refractivity contribution in [2.24, 2.45) is 5.92 Å². The first-order valence-electron chi connectivity index (χ1n) is 11.8. The molecule has 0 spiro atoms. The van der Waals surface area contributed by atoms with Crippen LogP contribution in [0.25, 0.3) is 0 Å². The van der Waals surface area contributed by atoms with Crippen LogP contribution >= 0.6 is 0 Å². The summed E-state index contributed by atoms with van der Waals surface area (Å²) in [5.41, 5.74) is 4.81. The van der Waals surface area contributed by atoms with E-state index in [2.05, 4.69) is 53.5 Å². The molecule has 1 saturated heterocycles. The number of amides is 1. The summed E-state index contributed by atoms with van der Waals surface area (Å²) in [5, 5.41) is 6.44. The summed E-state index contributed by atoms with van der Waals surface area (Å²) in [4.78, 5) is 19.5. The summed E-state index contributed by atoms with van der Waals surface area (Å²) in [7, 11) is 2.20. The molecule has 1 aliphatic rings. The van der Waals surface area contributed by atoms with E-state index in [4.69, 9.17) is 0 Å². The van der Waals surface area contributed by atoms with E-state index in [1.54, 1.807) is 12.4 Å². The highest BCUT2D eigenvalue weighted by molar-refractivity contribution is 6.08. The highest BCUT2D eigenvalue weighted by atomic mass is 16.1. The van der Waals surface area contributed by atoms with Crippen LogP contribution in [0.4, 0.5) is 11.4 Å². The number of carbonyl (C=O) groups is 1. The zero-order valence-corrected chi connectivity index (χ0v) is 19.8. The molecule has 33 heavy (non-hydrogen) atoms. The van der Waals surface area contributed by atoms with Gasteiger partial charge in [-0.15, -0.1) is 0 Å². The Morgan fingerprint density at radius 1 is 1.00 bits per heavy atom. The highest BCUT2D eigenvalue weighted by Gasteiger charge is 2.33. The minimum Gasteiger partial charge on any atom is -0.380 e. The van der Waals surface area contributed by atoms with Crippen LogP contribution < -0.4 is 10.6 Å². The molecule has 1 aromatic heterocycles. The third kappa shape index (κ3) is 5.60. The Morgan fingerprint density at radius 3 is 2.36 bits per heavy atom. The standard InChI is InChI=1S/C28H34N4O/c1-28(2,23-14-18-32(3)19-15-23)22-8-10-24(11-9-22)31-27(33)25-6-4-5-7-26(25)30-20-21-12-16-29-17-13-21/h4-13,16-17,23,30H,14-15,18-20H2,1-3H3,(H,31,33). The smallest absolute Gasteiger partial charge is 0.257 e. The lowest BCUT2D eigenvalue weighted by molar-refractivity contribution is 0.102. The number of likely N-dealkylation sites (tertiary alicyclic amines) is 1. The van der Waals surface area contributed by atoms with Gasteiger partial charge in [-0.1, -0.05) is 38.1 Å². The first kappa shape index (κ1) is 23.0. The van der Waals surface area contributed by atoms with Gasteiger partial charge in [-0.25, -0.2) is 0 Å². The van der Waals surface area contributed by atoms with Gasteiger partial charge >= 0.3 is 0 Å². The van der Waals surface area contributed by atoms with Gasteiger partial charge in [0.05, 0.1) is 5.56 Å². The van der Waals surface area contributed by atoms with E-state index in [0.717, 1.165) is 30.0 Å². The molecule has 0 aliphatic carbocycles. The van der Waals surface area contributed by atoms with E-state index in [1.165, 1.54) is 18.4 Å². The topological polar surface area (TPSA) is 57.3 Å². The van der Waals surface area contributed by atoms with Gasteiger partial charge in [0.15, 0.2) is 0 Å². The normalized spacial score (nSPS) is 15.2. The Balaban J connectivity index is 1.42. The molecule has 3 aromatic rings. The number of aromatic nitrogens is 1. The Hall–Kier alpha value is -3.18. The Bertz CT molecular complexity index is 1050. The van der Waals surface area contributed by atoms with Gasteiger partial charge in [-0.2, -0.15) is 0 Å². The van der Waals surface area contributed by atoms with Gasteiger partial charge in [-0.05, 0) is 91.8 Å². The molecular weight excluding hydrogens is 408 g/mol. The zero-order valence-electron chi connectivity index (χ0n) is 19.8. The van der Waals surface area contributed by atoms with Gasteiger partial charge in [0, 0.05) is 30.3 Å². The third-order valence-corrected chi connectivity index (χ3v) is 7.03. The number of nitrogens with zero attached hydrogens (tertiary/aromatic N) is 2. The van der Waals surface area contributed by atoms with E-state index in [9.17, 15) is 4.79 Å². The molecule has 1 fully saturated rings. The number of hydrogen-bond donors (Lipinski definition) is 2. The molecular formula is C28H34N4O. The number of benzene rings is 2. The zero-order chi connectivity index (χ0) is 23.3. The van der Waals surface area contributed by atoms with Crippen LogP contribution in [-0.2, 0) is 12.0 Å². The van der Waals surface area contributed by atoms with Crippen molar-refractivity contribution >= 4 is 17.3 Å². The van der Waals surface area contributed by atoms with Crippen LogP contribution in [0, 0.1) is 5.92 Å². The summed E-state index contributed by atoms with van der Waals surface area (Å²) < 4.78 is 0. The SMILES string of the molecule is CN1CCC(C(C)(C)c2ccc(NC(=O)c3ccccc3NCc3ccncc3)cc2)CC1. The number of rotatable bonds is 7. The number of carbonyl (C=O) groups excluding carboxylic acids is 1. The minimum absolute atomic E-state index is 0.116. The molecule has 0 bridgehead atoms. The number of hydrogen-bond acceptors (Lipinski definition) is 4. The molecule has 0 saturated carbocycles. The van der Waals surface area contributed by atoms with Crippen LogP contribution in [-0.4, -0.2) is 35.9 Å². The number of nitrogens with one attached hydrogen (secondary N) is 2. The fraction of sp³-hybridized carbons (Fsp3) is 0.357. The van der Waals surface area contributed by atoms with E-state index in [0.29, 0.717) is 18.0 Å². The monoisotopic (exact) mass is 442 g/mol. The van der Waals surface area contributed by atoms with Crippen LogP contribution in [0.2, 0.25) is 0 Å². The van der Waals surface area contributed by atoms with Gasteiger partial charge in [0.2, 0.25) is 0 Å². The van der Waals surface area contributed by atoms with Crippen LogP contribution in [0.15, 0.2) is 73.1 Å². The largest absolute Gasteiger partial charge is 0.380 e. The first-order chi connectivity index (χ1) is 15.9. The van der Waals surface area contributed by atoms with E-state index in [-0.39, 0.29) is 11.3 Å². The molecule has 0 unspecified atom stereocenters. The van der Waals surface area contributed by atoms with Crippen molar-refractivity contribution in [1.29, 1.82) is 0 Å². The molecule has 5 nitrogen and oxygen atoms in total. The minimum atomic E-state index is -0.116. The highest BCUT2D eigenvalue weighted by Crippen LogP contribution is 2.38. The molecule has 4 rings (SSSR count). The average molecular weight is 443 g/mol. The van der Waals surface area contributed by atoms with Crippen molar-refractivity contribution in [2.75, 3.05) is 30.8 Å². The summed E-state index contributed by atoms with van der Waals surface area (Å²) >= 11 is 0. The maximum Gasteiger partial charge on any atom is 0.257 e. The number of pyridine rings is 1. The van der Waals surface area contributed by atoms with Crippen molar-refractivity contribution in [3.63, 3.8) is 0 Å². The second-order valence-corrected chi connectivity index (χ2v) is 9.59. The van der Waals surface area contributed by atoms with Crippen LogP contribution in [0.1, 0.15) is 48.2 Å². The summed E-state index contributed by atoms with van der Waals surface area (Å²) in [5.74, 6) is 0.558. The number of piperidine rings is 1. The van der Waals surface area contributed by atoms with Crippen molar-refractivity contribution in [3.8, 4) is 0 Å². The summed E-state index contributed by atoms with van der Waals surface area (Å²) in [6.45, 7) is 7.66. The van der Waals surface area contributed by atoms with Crippen molar-refractivity contribution in [2.45, 2.75) is 38.6 Å². The molecule has 0 radical (unpaired) electrons. The second kappa shape index (κ2) is 10.2. The van der Waals surface area contributed by atoms with Crippen LogP contribution in [0.5, 0.6) is 0 Å². The predicted molar refractivity (Wildman–Crippen MR) is 136 cm³/mol. The molecule has 172 valence electrons. The quantitative estimate of drug-likeness (QED) is 0.503. The lowest BCUT2D eigenvalue weighted by Gasteiger charge is -2.40. The molecule has 2 N–H and O–H groups in total. The van der Waals surface area contributed by atoms with Crippen molar-refractivity contribution < 1.29 is 4.79 Å². The number of para-hydroxylation sites is 1. The fourth-order valence-electron chi connectivity index (χ4n) is 4.68. The van der Waals surface area contributed by atoms with E-state index in [1.807, 2.05) is 48.5 Å². The molecule has 5 heteroatoms. The Labute approximate surface area is 197 Å². The second-order valence-electron chi connectivity index (χ2n) is 9.59. The van der Waals surface area contributed by atoms with E-state index >= 15 is 0 Å². The maximum absolute atomic E-state index is 13.0. The van der Waals surface area contributed by atoms with Crippen LogP contribution in [0.3, 0.4) is 0 Å². The summed E-state index contributed by atoms with van der Waals surface area (Å²) in [6, 6.07) is 19.9. The van der Waals surface area contributed by atoms with Gasteiger partial charge in [0.25, 0.3) is 5.91 Å². The lowest BCUT2D eigenvalue weighted by Crippen LogP contribution is -2.39. The van der Waals surface area contributed by atoms with Gasteiger partial charge < -0.3 is 15.5 Å². The van der Waals surface area contributed by atoms with Gasteiger partial charge in [-0.3, -0.25) is 9.78 Å². The molecule has 1 amide bonds. The lowest BCUT2D eigenvalue weighted by atomic mass is 9.69.